The first-order chi connectivity index (χ1) is 10.0. The molecule has 0 aromatic heterocycles. The smallest absolute Gasteiger partial charge is 0.118 e. The third-order valence-electron chi connectivity index (χ3n) is 4.33. The Hall–Kier alpha value is -1.06. The lowest BCUT2D eigenvalue weighted by atomic mass is 9.92. The van der Waals surface area contributed by atoms with Crippen LogP contribution in [0.25, 0.3) is 0 Å². The molecular formula is C18H29NO2. The van der Waals surface area contributed by atoms with Crippen LogP contribution < -0.4 is 10.1 Å². The van der Waals surface area contributed by atoms with Gasteiger partial charge in [-0.2, -0.15) is 0 Å². The first kappa shape index (κ1) is 16.3. The Morgan fingerprint density at radius 1 is 1.33 bits per heavy atom. The van der Waals surface area contributed by atoms with E-state index in [0.29, 0.717) is 12.0 Å². The van der Waals surface area contributed by atoms with E-state index in [0.717, 1.165) is 25.1 Å². The maximum absolute atomic E-state index is 6.15. The molecule has 1 aliphatic rings. The summed E-state index contributed by atoms with van der Waals surface area (Å²) in [6.45, 7) is 5.43. The number of benzene rings is 1. The van der Waals surface area contributed by atoms with Crippen molar-refractivity contribution in [1.29, 1.82) is 0 Å². The molecule has 2 rings (SSSR count). The van der Waals surface area contributed by atoms with Gasteiger partial charge in [-0.3, -0.25) is 0 Å². The Balaban J connectivity index is 1.92. The third-order valence-corrected chi connectivity index (χ3v) is 4.33. The number of hydrogen-bond donors (Lipinski definition) is 1. The monoisotopic (exact) mass is 291 g/mol. The van der Waals surface area contributed by atoms with Crippen LogP contribution in [0.15, 0.2) is 24.3 Å². The molecule has 0 saturated carbocycles. The molecule has 1 heterocycles. The summed E-state index contributed by atoms with van der Waals surface area (Å²) in [4.78, 5) is 0. The molecule has 0 bridgehead atoms. The summed E-state index contributed by atoms with van der Waals surface area (Å²) in [5, 5.41) is 3.33. The highest BCUT2D eigenvalue weighted by Crippen LogP contribution is 2.33. The van der Waals surface area contributed by atoms with Gasteiger partial charge in [-0.05, 0) is 76.7 Å². The zero-order chi connectivity index (χ0) is 15.3. The van der Waals surface area contributed by atoms with Crippen molar-refractivity contribution in [3.63, 3.8) is 0 Å². The standard InChI is InChI=1S/C18H29NO2/c1-18(2)10-9-17(21-18)12-15(13-19-3)11-14-5-7-16(20-4)8-6-14/h5-8,15,17,19H,9-13H2,1-4H3. The van der Waals surface area contributed by atoms with Gasteiger partial charge >= 0.3 is 0 Å². The van der Waals surface area contributed by atoms with Crippen molar-refractivity contribution in [2.75, 3.05) is 20.7 Å². The Bertz CT molecular complexity index is 427. The van der Waals surface area contributed by atoms with Gasteiger partial charge in [-0.1, -0.05) is 12.1 Å². The van der Waals surface area contributed by atoms with Crippen LogP contribution in [0, 0.1) is 5.92 Å². The molecule has 2 unspecified atom stereocenters. The summed E-state index contributed by atoms with van der Waals surface area (Å²) >= 11 is 0. The molecule has 1 aliphatic heterocycles. The molecule has 3 heteroatoms. The predicted molar refractivity (Wildman–Crippen MR) is 86.9 cm³/mol. The van der Waals surface area contributed by atoms with Crippen LogP contribution in [-0.4, -0.2) is 32.4 Å². The zero-order valence-electron chi connectivity index (χ0n) is 13.8. The van der Waals surface area contributed by atoms with Gasteiger partial charge in [0.15, 0.2) is 0 Å². The van der Waals surface area contributed by atoms with E-state index >= 15 is 0 Å². The lowest BCUT2D eigenvalue weighted by Gasteiger charge is -2.23. The summed E-state index contributed by atoms with van der Waals surface area (Å²) in [6.07, 6.45) is 5.00. The van der Waals surface area contributed by atoms with Gasteiger partial charge < -0.3 is 14.8 Å². The molecule has 1 aromatic rings. The highest BCUT2D eigenvalue weighted by Gasteiger charge is 2.32. The van der Waals surface area contributed by atoms with Crippen molar-refractivity contribution < 1.29 is 9.47 Å². The SMILES string of the molecule is CNCC(Cc1ccc(OC)cc1)CC1CCC(C)(C)O1. The van der Waals surface area contributed by atoms with Crippen LogP contribution in [0.2, 0.25) is 0 Å². The summed E-state index contributed by atoms with van der Waals surface area (Å²) in [5.41, 5.74) is 1.43. The van der Waals surface area contributed by atoms with Crippen molar-refractivity contribution in [3.8, 4) is 5.75 Å². The van der Waals surface area contributed by atoms with E-state index < -0.39 is 0 Å². The molecule has 3 nitrogen and oxygen atoms in total. The van der Waals surface area contributed by atoms with Crippen LogP contribution in [-0.2, 0) is 11.2 Å². The van der Waals surface area contributed by atoms with Gasteiger partial charge in [0.2, 0.25) is 0 Å². The zero-order valence-corrected chi connectivity index (χ0v) is 13.8. The number of nitrogens with one attached hydrogen (secondary N) is 1. The quantitative estimate of drug-likeness (QED) is 0.835. The Morgan fingerprint density at radius 3 is 2.57 bits per heavy atom. The predicted octanol–water partition coefficient (Wildman–Crippen LogP) is 3.42. The van der Waals surface area contributed by atoms with Gasteiger partial charge in [0.25, 0.3) is 0 Å². The fourth-order valence-corrected chi connectivity index (χ4v) is 3.24. The Labute approximate surface area is 129 Å². The normalized spacial score (nSPS) is 22.2. The van der Waals surface area contributed by atoms with Crippen molar-refractivity contribution >= 4 is 0 Å². The number of ether oxygens (including phenoxy) is 2. The molecule has 0 amide bonds. The molecule has 2 atom stereocenters. The molecule has 1 aromatic carbocycles. The molecule has 0 radical (unpaired) electrons. The average molecular weight is 291 g/mol. The molecule has 118 valence electrons. The van der Waals surface area contributed by atoms with Crippen molar-refractivity contribution in [1.82, 2.24) is 5.32 Å². The molecule has 1 fully saturated rings. The van der Waals surface area contributed by atoms with Crippen LogP contribution in [0.1, 0.15) is 38.7 Å². The lowest BCUT2D eigenvalue weighted by molar-refractivity contribution is -0.0243. The number of methoxy groups -OCH3 is 1. The fourth-order valence-electron chi connectivity index (χ4n) is 3.24. The summed E-state index contributed by atoms with van der Waals surface area (Å²) in [5.74, 6) is 1.53. The fraction of sp³-hybridized carbons (Fsp3) is 0.667. The van der Waals surface area contributed by atoms with E-state index in [2.05, 4.69) is 31.3 Å². The van der Waals surface area contributed by atoms with E-state index in [1.54, 1.807) is 7.11 Å². The van der Waals surface area contributed by atoms with Crippen molar-refractivity contribution in [2.24, 2.45) is 5.92 Å². The number of hydrogen-bond acceptors (Lipinski definition) is 3. The summed E-state index contributed by atoms with van der Waals surface area (Å²) in [7, 11) is 3.73. The van der Waals surface area contributed by atoms with Gasteiger partial charge in [-0.25, -0.2) is 0 Å². The minimum Gasteiger partial charge on any atom is -0.497 e. The van der Waals surface area contributed by atoms with E-state index in [9.17, 15) is 0 Å². The summed E-state index contributed by atoms with van der Waals surface area (Å²) in [6, 6.07) is 8.42. The van der Waals surface area contributed by atoms with Gasteiger partial charge in [0, 0.05) is 0 Å². The Kier molecular flexibility index (Phi) is 5.65. The molecule has 1 N–H and O–H groups in total. The van der Waals surface area contributed by atoms with Gasteiger partial charge in [-0.15, -0.1) is 0 Å². The van der Waals surface area contributed by atoms with E-state index in [-0.39, 0.29) is 5.60 Å². The lowest BCUT2D eigenvalue weighted by Crippen LogP contribution is -2.27. The van der Waals surface area contributed by atoms with Crippen molar-refractivity contribution in [3.05, 3.63) is 29.8 Å². The van der Waals surface area contributed by atoms with Crippen molar-refractivity contribution in [2.45, 2.75) is 51.2 Å². The largest absolute Gasteiger partial charge is 0.497 e. The average Bonchev–Trinajstić information content (AvgIpc) is 2.79. The van der Waals surface area contributed by atoms with Gasteiger partial charge in [0.05, 0.1) is 18.8 Å². The third kappa shape index (κ3) is 5.01. The maximum atomic E-state index is 6.15. The van der Waals surface area contributed by atoms with E-state index in [1.165, 1.54) is 18.4 Å². The van der Waals surface area contributed by atoms with Crippen LogP contribution in [0.4, 0.5) is 0 Å². The van der Waals surface area contributed by atoms with E-state index in [1.807, 2.05) is 19.2 Å². The van der Waals surface area contributed by atoms with E-state index in [4.69, 9.17) is 9.47 Å². The minimum atomic E-state index is 0.0645. The van der Waals surface area contributed by atoms with Crippen LogP contribution in [0.3, 0.4) is 0 Å². The highest BCUT2D eigenvalue weighted by atomic mass is 16.5. The molecular weight excluding hydrogens is 262 g/mol. The molecule has 21 heavy (non-hydrogen) atoms. The molecule has 1 saturated heterocycles. The molecule has 0 aliphatic carbocycles. The first-order valence-electron chi connectivity index (χ1n) is 7.98. The topological polar surface area (TPSA) is 30.5 Å². The second kappa shape index (κ2) is 7.28. The first-order valence-corrected chi connectivity index (χ1v) is 7.98. The molecule has 0 spiro atoms. The Morgan fingerprint density at radius 2 is 2.05 bits per heavy atom. The highest BCUT2D eigenvalue weighted by molar-refractivity contribution is 5.27. The van der Waals surface area contributed by atoms with Crippen LogP contribution in [0.5, 0.6) is 5.75 Å². The minimum absolute atomic E-state index is 0.0645. The maximum Gasteiger partial charge on any atom is 0.118 e. The second-order valence-corrected chi connectivity index (χ2v) is 6.75. The number of rotatable bonds is 7. The second-order valence-electron chi connectivity index (χ2n) is 6.75. The van der Waals surface area contributed by atoms with Gasteiger partial charge in [0.1, 0.15) is 5.75 Å². The van der Waals surface area contributed by atoms with Crippen LogP contribution >= 0.6 is 0 Å². The summed E-state index contributed by atoms with van der Waals surface area (Å²) < 4.78 is 11.4.